The number of nitrogens with zero attached hydrogens (tertiary/aromatic N) is 1. The molecule has 0 aliphatic heterocycles. The van der Waals surface area contributed by atoms with Crippen LogP contribution in [0.2, 0.25) is 0 Å². The standard InChI is InChI=1S/C16H22ClF2N/c1-3-11-4-6-13(7-5-11)20(2)16-14(18)8-12(10-17)9-15(16)19/h8-9,11,13H,3-7,10H2,1-2H3. The summed E-state index contributed by atoms with van der Waals surface area (Å²) in [6.07, 6.45) is 5.50. The number of benzene rings is 1. The van der Waals surface area contributed by atoms with Crippen LogP contribution in [0.5, 0.6) is 0 Å². The van der Waals surface area contributed by atoms with Crippen LogP contribution in [0.25, 0.3) is 0 Å². The quantitative estimate of drug-likeness (QED) is 0.699. The zero-order chi connectivity index (χ0) is 14.7. The van der Waals surface area contributed by atoms with Gasteiger partial charge in [-0.15, -0.1) is 11.6 Å². The van der Waals surface area contributed by atoms with E-state index in [1.807, 2.05) is 0 Å². The van der Waals surface area contributed by atoms with E-state index in [0.29, 0.717) is 5.56 Å². The lowest BCUT2D eigenvalue weighted by molar-refractivity contribution is 0.311. The van der Waals surface area contributed by atoms with E-state index in [1.54, 1.807) is 11.9 Å². The zero-order valence-electron chi connectivity index (χ0n) is 12.1. The fraction of sp³-hybridized carbons (Fsp3) is 0.625. The first-order valence-electron chi connectivity index (χ1n) is 7.33. The van der Waals surface area contributed by atoms with Gasteiger partial charge < -0.3 is 4.90 Å². The number of hydrogen-bond acceptors (Lipinski definition) is 1. The predicted molar refractivity (Wildman–Crippen MR) is 80.4 cm³/mol. The Hall–Kier alpha value is -0.830. The number of halogens is 3. The summed E-state index contributed by atoms with van der Waals surface area (Å²) in [5.74, 6) is -0.131. The van der Waals surface area contributed by atoms with Crippen LogP contribution in [0.4, 0.5) is 14.5 Å². The maximum Gasteiger partial charge on any atom is 0.149 e. The first-order chi connectivity index (χ1) is 9.56. The normalized spacial score (nSPS) is 22.9. The molecule has 1 saturated carbocycles. The lowest BCUT2D eigenvalue weighted by Crippen LogP contribution is -2.36. The monoisotopic (exact) mass is 301 g/mol. The number of hydrogen-bond donors (Lipinski definition) is 0. The van der Waals surface area contributed by atoms with Gasteiger partial charge in [0.15, 0.2) is 0 Å². The highest BCUT2D eigenvalue weighted by atomic mass is 35.5. The van der Waals surface area contributed by atoms with Gasteiger partial charge in [0.25, 0.3) is 0 Å². The first-order valence-corrected chi connectivity index (χ1v) is 7.87. The van der Waals surface area contributed by atoms with Crippen molar-refractivity contribution in [1.29, 1.82) is 0 Å². The van der Waals surface area contributed by atoms with Gasteiger partial charge in [-0.1, -0.05) is 13.3 Å². The third kappa shape index (κ3) is 3.25. The third-order valence-corrected chi connectivity index (χ3v) is 4.83. The predicted octanol–water partition coefficient (Wildman–Crippen LogP) is 5.11. The summed E-state index contributed by atoms with van der Waals surface area (Å²) in [5.41, 5.74) is 0.562. The van der Waals surface area contributed by atoms with E-state index >= 15 is 0 Å². The Morgan fingerprint density at radius 3 is 2.15 bits per heavy atom. The molecule has 0 saturated heterocycles. The molecule has 0 atom stereocenters. The van der Waals surface area contributed by atoms with Gasteiger partial charge in [0.2, 0.25) is 0 Å². The van der Waals surface area contributed by atoms with Crippen molar-refractivity contribution in [1.82, 2.24) is 0 Å². The van der Waals surface area contributed by atoms with Gasteiger partial charge in [0, 0.05) is 19.0 Å². The van der Waals surface area contributed by atoms with Crippen molar-refractivity contribution >= 4 is 17.3 Å². The molecule has 1 fully saturated rings. The highest BCUT2D eigenvalue weighted by Gasteiger charge is 2.26. The second-order valence-electron chi connectivity index (χ2n) is 5.74. The molecule has 112 valence electrons. The van der Waals surface area contributed by atoms with Crippen molar-refractivity contribution in [3.8, 4) is 0 Å². The Kier molecular flexibility index (Phi) is 5.25. The molecular formula is C16H22ClF2N. The molecule has 0 bridgehead atoms. The number of alkyl halides is 1. The number of anilines is 1. The minimum Gasteiger partial charge on any atom is -0.367 e. The van der Waals surface area contributed by atoms with Gasteiger partial charge >= 0.3 is 0 Å². The number of rotatable bonds is 4. The van der Waals surface area contributed by atoms with Crippen LogP contribution in [0.3, 0.4) is 0 Å². The molecule has 0 amide bonds. The van der Waals surface area contributed by atoms with Crippen molar-refractivity contribution in [2.24, 2.45) is 5.92 Å². The van der Waals surface area contributed by atoms with Crippen LogP contribution in [0, 0.1) is 17.6 Å². The molecule has 1 aliphatic carbocycles. The van der Waals surface area contributed by atoms with E-state index in [-0.39, 0.29) is 17.6 Å². The van der Waals surface area contributed by atoms with E-state index in [4.69, 9.17) is 11.6 Å². The summed E-state index contributed by atoms with van der Waals surface area (Å²) >= 11 is 5.64. The van der Waals surface area contributed by atoms with Gasteiger partial charge in [-0.05, 0) is 49.3 Å². The molecule has 2 rings (SSSR count). The van der Waals surface area contributed by atoms with Crippen molar-refractivity contribution in [2.75, 3.05) is 11.9 Å². The third-order valence-electron chi connectivity index (χ3n) is 4.53. The molecule has 1 aromatic carbocycles. The van der Waals surface area contributed by atoms with E-state index < -0.39 is 11.6 Å². The van der Waals surface area contributed by atoms with Gasteiger partial charge in [0.05, 0.1) is 0 Å². The Balaban J connectivity index is 2.15. The summed E-state index contributed by atoms with van der Waals surface area (Å²) in [5, 5.41) is 0. The Morgan fingerprint density at radius 1 is 1.15 bits per heavy atom. The minimum absolute atomic E-state index is 0.0822. The van der Waals surface area contributed by atoms with Gasteiger partial charge in [0.1, 0.15) is 17.3 Å². The summed E-state index contributed by atoms with van der Waals surface area (Å²) in [4.78, 5) is 1.77. The highest BCUT2D eigenvalue weighted by molar-refractivity contribution is 6.17. The molecule has 0 N–H and O–H groups in total. The average Bonchev–Trinajstić information content (AvgIpc) is 2.46. The van der Waals surface area contributed by atoms with Crippen LogP contribution in [-0.2, 0) is 5.88 Å². The average molecular weight is 302 g/mol. The van der Waals surface area contributed by atoms with E-state index in [0.717, 1.165) is 31.6 Å². The minimum atomic E-state index is -0.513. The smallest absolute Gasteiger partial charge is 0.149 e. The molecule has 0 spiro atoms. The SMILES string of the molecule is CCC1CCC(N(C)c2c(F)cc(CCl)cc2F)CC1. The van der Waals surface area contributed by atoms with Crippen LogP contribution < -0.4 is 4.90 Å². The largest absolute Gasteiger partial charge is 0.367 e. The second kappa shape index (κ2) is 6.75. The van der Waals surface area contributed by atoms with Crippen LogP contribution >= 0.6 is 11.6 Å². The maximum atomic E-state index is 14.1. The van der Waals surface area contributed by atoms with E-state index in [9.17, 15) is 8.78 Å². The molecule has 4 heteroatoms. The first kappa shape index (κ1) is 15.6. The molecule has 20 heavy (non-hydrogen) atoms. The van der Waals surface area contributed by atoms with Gasteiger partial charge in [-0.3, -0.25) is 0 Å². The zero-order valence-corrected chi connectivity index (χ0v) is 12.9. The van der Waals surface area contributed by atoms with E-state index in [1.165, 1.54) is 18.6 Å². The molecule has 0 radical (unpaired) electrons. The molecular weight excluding hydrogens is 280 g/mol. The lowest BCUT2D eigenvalue weighted by Gasteiger charge is -2.36. The summed E-state index contributed by atoms with van der Waals surface area (Å²) in [6.45, 7) is 2.21. The fourth-order valence-corrected chi connectivity index (χ4v) is 3.31. The summed E-state index contributed by atoms with van der Waals surface area (Å²) < 4.78 is 28.2. The fourth-order valence-electron chi connectivity index (χ4n) is 3.16. The Morgan fingerprint density at radius 2 is 1.70 bits per heavy atom. The topological polar surface area (TPSA) is 3.24 Å². The van der Waals surface area contributed by atoms with Gasteiger partial charge in [-0.2, -0.15) is 0 Å². The van der Waals surface area contributed by atoms with Crippen molar-refractivity contribution in [2.45, 2.75) is 50.9 Å². The van der Waals surface area contributed by atoms with Crippen LogP contribution in [0.1, 0.15) is 44.6 Å². The molecule has 1 aromatic rings. The molecule has 1 nitrogen and oxygen atoms in total. The Bertz CT molecular complexity index is 433. The maximum absolute atomic E-state index is 14.1. The Labute approximate surface area is 124 Å². The second-order valence-corrected chi connectivity index (χ2v) is 6.00. The lowest BCUT2D eigenvalue weighted by atomic mass is 9.84. The molecule has 1 aliphatic rings. The molecule has 0 aromatic heterocycles. The van der Waals surface area contributed by atoms with E-state index in [2.05, 4.69) is 6.92 Å². The van der Waals surface area contributed by atoms with Crippen LogP contribution in [0.15, 0.2) is 12.1 Å². The molecule has 0 unspecified atom stereocenters. The van der Waals surface area contributed by atoms with Gasteiger partial charge in [-0.25, -0.2) is 8.78 Å². The highest BCUT2D eigenvalue weighted by Crippen LogP contribution is 2.33. The van der Waals surface area contributed by atoms with Crippen molar-refractivity contribution in [3.05, 3.63) is 29.3 Å². The van der Waals surface area contributed by atoms with Crippen molar-refractivity contribution in [3.63, 3.8) is 0 Å². The molecule has 0 heterocycles. The van der Waals surface area contributed by atoms with Crippen LogP contribution in [-0.4, -0.2) is 13.1 Å². The summed E-state index contributed by atoms with van der Waals surface area (Å²) in [6, 6.07) is 2.89. The van der Waals surface area contributed by atoms with Crippen molar-refractivity contribution < 1.29 is 8.78 Å². The summed E-state index contributed by atoms with van der Waals surface area (Å²) in [7, 11) is 1.79.